The number of aryl methyl sites for hydroxylation is 2. The van der Waals surface area contributed by atoms with E-state index in [1.54, 1.807) is 0 Å². The summed E-state index contributed by atoms with van der Waals surface area (Å²) in [5.74, 6) is -0.619. The summed E-state index contributed by atoms with van der Waals surface area (Å²) >= 11 is 3.50. The highest BCUT2D eigenvalue weighted by Gasteiger charge is 2.11. The van der Waals surface area contributed by atoms with Crippen LogP contribution in [0.1, 0.15) is 27.4 Å². The third-order valence-electron chi connectivity index (χ3n) is 2.65. The predicted octanol–water partition coefficient (Wildman–Crippen LogP) is 3.36. The van der Waals surface area contributed by atoms with Crippen molar-refractivity contribution in [3.8, 4) is 0 Å². The lowest BCUT2D eigenvalue weighted by Gasteiger charge is -2.11. The average Bonchev–Trinajstić information content (AvgIpc) is 2.76. The summed E-state index contributed by atoms with van der Waals surface area (Å²) < 4.78 is 5.90. The first-order valence-electron chi connectivity index (χ1n) is 5.67. The van der Waals surface area contributed by atoms with Gasteiger partial charge in [0.25, 0.3) is 0 Å². The van der Waals surface area contributed by atoms with Crippen LogP contribution in [0.5, 0.6) is 0 Å². The van der Waals surface area contributed by atoms with Crippen LogP contribution in [0.2, 0.25) is 0 Å². The SMILES string of the molecule is Cc1cc(C)c(NCc2cc(C(=O)O)no2)c(Br)c1. The van der Waals surface area contributed by atoms with Crippen LogP contribution in [0, 0.1) is 13.8 Å². The molecule has 0 fully saturated rings. The maximum absolute atomic E-state index is 10.7. The van der Waals surface area contributed by atoms with E-state index in [9.17, 15) is 4.79 Å². The van der Waals surface area contributed by atoms with E-state index in [4.69, 9.17) is 9.63 Å². The maximum atomic E-state index is 10.7. The second-order valence-electron chi connectivity index (χ2n) is 4.28. The van der Waals surface area contributed by atoms with E-state index >= 15 is 0 Å². The highest BCUT2D eigenvalue weighted by atomic mass is 79.9. The average molecular weight is 325 g/mol. The lowest BCUT2D eigenvalue weighted by Crippen LogP contribution is -2.01. The van der Waals surface area contributed by atoms with Crippen molar-refractivity contribution in [3.05, 3.63) is 45.3 Å². The van der Waals surface area contributed by atoms with Crippen molar-refractivity contribution in [3.63, 3.8) is 0 Å². The molecule has 0 aliphatic rings. The van der Waals surface area contributed by atoms with Crippen LogP contribution in [-0.2, 0) is 6.54 Å². The number of carboxylic acids is 1. The Kier molecular flexibility index (Phi) is 3.90. The first kappa shape index (κ1) is 13.6. The highest BCUT2D eigenvalue weighted by molar-refractivity contribution is 9.10. The van der Waals surface area contributed by atoms with Crippen LogP contribution in [0.4, 0.5) is 5.69 Å². The number of nitrogens with one attached hydrogen (secondary N) is 1. The number of nitrogens with zero attached hydrogens (tertiary/aromatic N) is 1. The fourth-order valence-electron chi connectivity index (χ4n) is 1.81. The molecule has 2 aromatic rings. The zero-order valence-corrected chi connectivity index (χ0v) is 12.1. The lowest BCUT2D eigenvalue weighted by atomic mass is 10.1. The van der Waals surface area contributed by atoms with Gasteiger partial charge in [-0.15, -0.1) is 0 Å². The van der Waals surface area contributed by atoms with Gasteiger partial charge in [0.05, 0.1) is 12.2 Å². The van der Waals surface area contributed by atoms with Crippen LogP contribution in [0.15, 0.2) is 27.2 Å². The first-order chi connectivity index (χ1) is 8.97. The molecule has 0 aliphatic heterocycles. The third kappa shape index (κ3) is 3.14. The lowest BCUT2D eigenvalue weighted by molar-refractivity contribution is 0.0685. The molecule has 0 bridgehead atoms. The Morgan fingerprint density at radius 2 is 2.16 bits per heavy atom. The molecule has 0 spiro atoms. The zero-order valence-electron chi connectivity index (χ0n) is 10.5. The summed E-state index contributed by atoms with van der Waals surface area (Å²) in [4.78, 5) is 10.7. The van der Waals surface area contributed by atoms with Crippen molar-refractivity contribution in [2.75, 3.05) is 5.32 Å². The van der Waals surface area contributed by atoms with Crippen molar-refractivity contribution in [2.24, 2.45) is 0 Å². The molecule has 5 nitrogen and oxygen atoms in total. The summed E-state index contributed by atoms with van der Waals surface area (Å²) in [5.41, 5.74) is 3.14. The number of aromatic carboxylic acids is 1. The van der Waals surface area contributed by atoms with E-state index in [0.29, 0.717) is 12.3 Å². The number of benzene rings is 1. The standard InChI is InChI=1S/C13H13BrN2O3/c1-7-3-8(2)12(10(14)4-7)15-6-9-5-11(13(17)18)16-19-9/h3-5,15H,6H2,1-2H3,(H,17,18). The molecule has 100 valence electrons. The van der Waals surface area contributed by atoms with Crippen LogP contribution < -0.4 is 5.32 Å². The van der Waals surface area contributed by atoms with Crippen LogP contribution in [0.25, 0.3) is 0 Å². The smallest absolute Gasteiger partial charge is 0.358 e. The first-order valence-corrected chi connectivity index (χ1v) is 6.46. The number of halogens is 1. The number of hydrogen-bond donors (Lipinski definition) is 2. The summed E-state index contributed by atoms with van der Waals surface area (Å²) in [7, 11) is 0. The van der Waals surface area contributed by atoms with E-state index < -0.39 is 5.97 Å². The molecule has 0 saturated carbocycles. The number of carbonyl (C=O) groups is 1. The van der Waals surface area contributed by atoms with E-state index in [1.165, 1.54) is 11.6 Å². The highest BCUT2D eigenvalue weighted by Crippen LogP contribution is 2.28. The van der Waals surface area contributed by atoms with Crippen molar-refractivity contribution in [1.82, 2.24) is 5.16 Å². The Hall–Kier alpha value is -1.82. The van der Waals surface area contributed by atoms with Gasteiger partial charge >= 0.3 is 5.97 Å². The van der Waals surface area contributed by atoms with Crippen molar-refractivity contribution in [1.29, 1.82) is 0 Å². The Bertz CT molecular complexity index is 599. The molecule has 0 radical (unpaired) electrons. The summed E-state index contributed by atoms with van der Waals surface area (Å²) in [5, 5.41) is 15.4. The predicted molar refractivity (Wildman–Crippen MR) is 74.4 cm³/mol. The van der Waals surface area contributed by atoms with Crippen molar-refractivity contribution in [2.45, 2.75) is 20.4 Å². The van der Waals surface area contributed by atoms with Crippen molar-refractivity contribution >= 4 is 27.6 Å². The van der Waals surface area contributed by atoms with E-state index in [0.717, 1.165) is 15.7 Å². The topological polar surface area (TPSA) is 75.4 Å². The number of carboxylic acid groups (broad SMARTS) is 1. The molecule has 1 aromatic heterocycles. The van der Waals surface area contributed by atoms with Gasteiger partial charge in [0, 0.05) is 10.5 Å². The van der Waals surface area contributed by atoms with Gasteiger partial charge < -0.3 is 14.9 Å². The molecule has 0 amide bonds. The van der Waals surface area contributed by atoms with Crippen LogP contribution >= 0.6 is 15.9 Å². The second kappa shape index (κ2) is 5.44. The van der Waals surface area contributed by atoms with E-state index in [2.05, 4.69) is 32.5 Å². The minimum atomic E-state index is -1.09. The van der Waals surface area contributed by atoms with Gasteiger partial charge in [-0.1, -0.05) is 11.2 Å². The van der Waals surface area contributed by atoms with E-state index in [1.807, 2.05) is 19.9 Å². The number of anilines is 1. The Balaban J connectivity index is 2.12. The molecule has 0 atom stereocenters. The molecule has 0 aliphatic carbocycles. The molecule has 19 heavy (non-hydrogen) atoms. The Morgan fingerprint density at radius 3 is 2.74 bits per heavy atom. The van der Waals surface area contributed by atoms with Gasteiger partial charge in [-0.2, -0.15) is 0 Å². The Labute approximate surface area is 118 Å². The normalized spacial score (nSPS) is 10.5. The number of aromatic nitrogens is 1. The molecule has 2 N–H and O–H groups in total. The van der Waals surface area contributed by atoms with Gasteiger partial charge in [-0.25, -0.2) is 4.79 Å². The monoisotopic (exact) mass is 324 g/mol. The van der Waals surface area contributed by atoms with Gasteiger partial charge in [0.2, 0.25) is 0 Å². The fraction of sp³-hybridized carbons (Fsp3) is 0.231. The van der Waals surface area contributed by atoms with Gasteiger partial charge in [-0.05, 0) is 47.0 Å². The summed E-state index contributed by atoms with van der Waals surface area (Å²) in [6, 6.07) is 5.49. The maximum Gasteiger partial charge on any atom is 0.358 e. The molecule has 6 heteroatoms. The van der Waals surface area contributed by atoms with Gasteiger partial charge in [0.15, 0.2) is 11.5 Å². The molecule has 0 saturated heterocycles. The summed E-state index contributed by atoms with van der Waals surface area (Å²) in [6.45, 7) is 4.41. The molecular weight excluding hydrogens is 312 g/mol. The molecule has 1 heterocycles. The quantitative estimate of drug-likeness (QED) is 0.901. The number of hydrogen-bond acceptors (Lipinski definition) is 4. The minimum absolute atomic E-state index is 0.0866. The fourth-order valence-corrected chi connectivity index (χ4v) is 2.63. The largest absolute Gasteiger partial charge is 0.476 e. The number of rotatable bonds is 4. The molecule has 1 aromatic carbocycles. The molecule has 2 rings (SSSR count). The Morgan fingerprint density at radius 1 is 1.42 bits per heavy atom. The second-order valence-corrected chi connectivity index (χ2v) is 5.13. The summed E-state index contributed by atoms with van der Waals surface area (Å²) in [6.07, 6.45) is 0. The van der Waals surface area contributed by atoms with Crippen LogP contribution in [0.3, 0.4) is 0 Å². The van der Waals surface area contributed by atoms with Gasteiger partial charge in [0.1, 0.15) is 0 Å². The minimum Gasteiger partial charge on any atom is -0.476 e. The zero-order chi connectivity index (χ0) is 14.0. The molecule has 0 unspecified atom stereocenters. The van der Waals surface area contributed by atoms with Gasteiger partial charge in [-0.3, -0.25) is 0 Å². The third-order valence-corrected chi connectivity index (χ3v) is 3.27. The van der Waals surface area contributed by atoms with Crippen LogP contribution in [-0.4, -0.2) is 16.2 Å². The molecular formula is C13H13BrN2O3. The van der Waals surface area contributed by atoms with E-state index in [-0.39, 0.29) is 5.69 Å². The van der Waals surface area contributed by atoms with Crippen molar-refractivity contribution < 1.29 is 14.4 Å².